The van der Waals surface area contributed by atoms with Crippen molar-refractivity contribution < 1.29 is 19.4 Å². The van der Waals surface area contributed by atoms with Crippen LogP contribution >= 0.6 is 0 Å². The number of hydrogen-bond donors (Lipinski definition) is 2. The van der Waals surface area contributed by atoms with E-state index in [2.05, 4.69) is 0 Å². The molecule has 2 rings (SSSR count). The lowest BCUT2D eigenvalue weighted by Crippen LogP contribution is -2.01. The smallest absolute Gasteiger partial charge is 0.336 e. The van der Waals surface area contributed by atoms with Crippen LogP contribution in [0, 0.1) is 0 Å². The minimum atomic E-state index is -1.03. The third kappa shape index (κ3) is 2.51. The van der Waals surface area contributed by atoms with Gasteiger partial charge in [0.25, 0.3) is 0 Å². The molecule has 0 saturated carbocycles. The molecule has 3 N–H and O–H groups in total. The van der Waals surface area contributed by atoms with E-state index in [0.717, 1.165) is 5.56 Å². The standard InChI is InChI=1S/C15H15NO4/c1-19-13-6-3-9(7-14(13)20-2)11-5-4-10(16)8-12(11)15(17)18/h3-8H,16H2,1-2H3,(H,17,18). The summed E-state index contributed by atoms with van der Waals surface area (Å²) in [5.74, 6) is 0.101. The van der Waals surface area contributed by atoms with Crippen LogP contribution in [0.1, 0.15) is 10.4 Å². The molecule has 0 radical (unpaired) electrons. The summed E-state index contributed by atoms with van der Waals surface area (Å²) >= 11 is 0. The van der Waals surface area contributed by atoms with Gasteiger partial charge in [-0.25, -0.2) is 4.79 Å². The molecule has 0 atom stereocenters. The van der Waals surface area contributed by atoms with E-state index in [4.69, 9.17) is 15.2 Å². The second-order valence-corrected chi connectivity index (χ2v) is 4.18. The predicted octanol–water partition coefficient (Wildman–Crippen LogP) is 2.65. The fourth-order valence-corrected chi connectivity index (χ4v) is 1.99. The van der Waals surface area contributed by atoms with Crippen molar-refractivity contribution in [3.8, 4) is 22.6 Å². The Morgan fingerprint density at radius 1 is 1.05 bits per heavy atom. The highest BCUT2D eigenvalue weighted by Gasteiger charge is 2.14. The number of carboxylic acid groups (broad SMARTS) is 1. The van der Waals surface area contributed by atoms with E-state index in [0.29, 0.717) is 22.7 Å². The monoisotopic (exact) mass is 273 g/mol. The van der Waals surface area contributed by atoms with Crippen molar-refractivity contribution in [1.29, 1.82) is 0 Å². The van der Waals surface area contributed by atoms with Crippen molar-refractivity contribution in [2.75, 3.05) is 20.0 Å². The second kappa shape index (κ2) is 5.52. The first-order valence-corrected chi connectivity index (χ1v) is 5.92. The molecule has 0 saturated heterocycles. The number of ether oxygens (including phenoxy) is 2. The number of carboxylic acids is 1. The Balaban J connectivity index is 2.59. The number of benzene rings is 2. The zero-order valence-electron chi connectivity index (χ0n) is 11.2. The lowest BCUT2D eigenvalue weighted by atomic mass is 9.98. The van der Waals surface area contributed by atoms with E-state index in [1.165, 1.54) is 13.2 Å². The van der Waals surface area contributed by atoms with Gasteiger partial charge in [0.05, 0.1) is 19.8 Å². The number of nitrogens with two attached hydrogens (primary N) is 1. The van der Waals surface area contributed by atoms with Crippen molar-refractivity contribution in [3.63, 3.8) is 0 Å². The third-order valence-electron chi connectivity index (χ3n) is 2.97. The summed E-state index contributed by atoms with van der Waals surface area (Å²) < 4.78 is 10.4. The fraction of sp³-hybridized carbons (Fsp3) is 0.133. The van der Waals surface area contributed by atoms with Gasteiger partial charge in [-0.05, 0) is 35.4 Å². The second-order valence-electron chi connectivity index (χ2n) is 4.18. The van der Waals surface area contributed by atoms with Gasteiger partial charge in [-0.2, -0.15) is 0 Å². The summed E-state index contributed by atoms with van der Waals surface area (Å²) in [6.45, 7) is 0. The van der Waals surface area contributed by atoms with Crippen LogP contribution in [0.2, 0.25) is 0 Å². The highest BCUT2D eigenvalue weighted by molar-refractivity contribution is 5.97. The number of carbonyl (C=O) groups is 1. The average Bonchev–Trinajstić information content (AvgIpc) is 2.46. The Labute approximate surface area is 116 Å². The largest absolute Gasteiger partial charge is 0.493 e. The number of aromatic carboxylic acids is 1. The molecule has 0 aliphatic carbocycles. The minimum Gasteiger partial charge on any atom is -0.493 e. The lowest BCUT2D eigenvalue weighted by molar-refractivity contribution is 0.0698. The molecule has 2 aromatic carbocycles. The normalized spacial score (nSPS) is 10.1. The first-order chi connectivity index (χ1) is 9.56. The number of anilines is 1. The van der Waals surface area contributed by atoms with Crippen LogP contribution in [0.15, 0.2) is 36.4 Å². The number of rotatable bonds is 4. The summed E-state index contributed by atoms with van der Waals surface area (Å²) in [5.41, 5.74) is 7.49. The molecule has 0 fully saturated rings. The van der Waals surface area contributed by atoms with E-state index < -0.39 is 5.97 Å². The van der Waals surface area contributed by atoms with Gasteiger partial charge in [0.2, 0.25) is 0 Å². The van der Waals surface area contributed by atoms with Crippen LogP contribution < -0.4 is 15.2 Å². The summed E-state index contributed by atoms with van der Waals surface area (Å²) in [6.07, 6.45) is 0. The van der Waals surface area contributed by atoms with E-state index >= 15 is 0 Å². The molecule has 5 nitrogen and oxygen atoms in total. The summed E-state index contributed by atoms with van der Waals surface area (Å²) in [7, 11) is 3.08. The van der Waals surface area contributed by atoms with Crippen LogP contribution in [-0.4, -0.2) is 25.3 Å². The average molecular weight is 273 g/mol. The third-order valence-corrected chi connectivity index (χ3v) is 2.97. The van der Waals surface area contributed by atoms with Crippen LogP contribution in [0.4, 0.5) is 5.69 Å². The summed E-state index contributed by atoms with van der Waals surface area (Å²) in [4.78, 5) is 11.3. The maximum atomic E-state index is 11.3. The molecule has 0 aliphatic rings. The van der Waals surface area contributed by atoms with Crippen LogP contribution in [0.3, 0.4) is 0 Å². The molecule has 20 heavy (non-hydrogen) atoms. The Morgan fingerprint density at radius 3 is 2.35 bits per heavy atom. The first-order valence-electron chi connectivity index (χ1n) is 5.92. The zero-order chi connectivity index (χ0) is 14.7. The van der Waals surface area contributed by atoms with Gasteiger partial charge in [0.1, 0.15) is 0 Å². The molecule has 0 unspecified atom stereocenters. The van der Waals surface area contributed by atoms with Crippen LogP contribution in [0.5, 0.6) is 11.5 Å². The molecule has 0 aliphatic heterocycles. The van der Waals surface area contributed by atoms with Crippen molar-refractivity contribution in [1.82, 2.24) is 0 Å². The fourth-order valence-electron chi connectivity index (χ4n) is 1.99. The van der Waals surface area contributed by atoms with Crippen LogP contribution in [0.25, 0.3) is 11.1 Å². The molecule has 2 aromatic rings. The van der Waals surface area contributed by atoms with Crippen LogP contribution in [-0.2, 0) is 0 Å². The maximum Gasteiger partial charge on any atom is 0.336 e. The van der Waals surface area contributed by atoms with E-state index in [9.17, 15) is 9.90 Å². The van der Waals surface area contributed by atoms with Gasteiger partial charge in [-0.3, -0.25) is 0 Å². The Kier molecular flexibility index (Phi) is 3.79. The zero-order valence-corrected chi connectivity index (χ0v) is 11.2. The first kappa shape index (κ1) is 13.7. The van der Waals surface area contributed by atoms with Gasteiger partial charge in [-0.15, -0.1) is 0 Å². The van der Waals surface area contributed by atoms with Crippen molar-refractivity contribution in [3.05, 3.63) is 42.0 Å². The molecule has 0 aromatic heterocycles. The van der Waals surface area contributed by atoms with E-state index in [-0.39, 0.29) is 5.56 Å². The Morgan fingerprint density at radius 2 is 1.75 bits per heavy atom. The molecular formula is C15H15NO4. The molecule has 0 amide bonds. The van der Waals surface area contributed by atoms with Gasteiger partial charge < -0.3 is 20.3 Å². The quantitative estimate of drug-likeness (QED) is 0.837. The van der Waals surface area contributed by atoms with Gasteiger partial charge >= 0.3 is 5.97 Å². The maximum absolute atomic E-state index is 11.3. The van der Waals surface area contributed by atoms with Gasteiger partial charge in [-0.1, -0.05) is 12.1 Å². The topological polar surface area (TPSA) is 81.8 Å². The van der Waals surface area contributed by atoms with Gasteiger partial charge in [0, 0.05) is 5.69 Å². The molecular weight excluding hydrogens is 258 g/mol. The Bertz CT molecular complexity index is 652. The highest BCUT2D eigenvalue weighted by Crippen LogP contribution is 2.34. The molecule has 0 bridgehead atoms. The number of hydrogen-bond acceptors (Lipinski definition) is 4. The van der Waals surface area contributed by atoms with Crippen molar-refractivity contribution >= 4 is 11.7 Å². The molecule has 104 valence electrons. The van der Waals surface area contributed by atoms with Gasteiger partial charge in [0.15, 0.2) is 11.5 Å². The summed E-state index contributed by atoms with van der Waals surface area (Å²) in [6, 6.07) is 10.0. The molecule has 0 spiro atoms. The predicted molar refractivity (Wildman–Crippen MR) is 76.4 cm³/mol. The molecule has 0 heterocycles. The molecule has 5 heteroatoms. The minimum absolute atomic E-state index is 0.150. The highest BCUT2D eigenvalue weighted by atomic mass is 16.5. The van der Waals surface area contributed by atoms with Crippen molar-refractivity contribution in [2.24, 2.45) is 0 Å². The number of nitrogen functional groups attached to an aromatic ring is 1. The van der Waals surface area contributed by atoms with E-state index in [1.807, 2.05) is 0 Å². The SMILES string of the molecule is COc1ccc(-c2ccc(N)cc2C(=O)O)cc1OC. The Hall–Kier alpha value is -2.69. The lowest BCUT2D eigenvalue weighted by Gasteiger charge is -2.11. The van der Waals surface area contributed by atoms with E-state index in [1.54, 1.807) is 37.4 Å². The number of methoxy groups -OCH3 is 2. The van der Waals surface area contributed by atoms with Crippen molar-refractivity contribution in [2.45, 2.75) is 0 Å². The summed E-state index contributed by atoms with van der Waals surface area (Å²) in [5, 5.41) is 9.27.